The summed E-state index contributed by atoms with van der Waals surface area (Å²) in [4.78, 5) is 23.0. The summed E-state index contributed by atoms with van der Waals surface area (Å²) in [6.45, 7) is 3.36. The Hall–Kier alpha value is -2.87. The molecule has 1 amide bonds. The van der Waals surface area contributed by atoms with E-state index in [0.717, 1.165) is 28.3 Å². The maximum Gasteiger partial charge on any atom is 0.409 e. The van der Waals surface area contributed by atoms with E-state index < -0.39 is 5.95 Å². The fourth-order valence-corrected chi connectivity index (χ4v) is 4.83. The largest absolute Gasteiger partial charge is 0.450 e. The summed E-state index contributed by atoms with van der Waals surface area (Å²) in [6, 6.07) is 9.27. The van der Waals surface area contributed by atoms with Gasteiger partial charge in [0.25, 0.3) is 0 Å². The normalized spacial score (nSPS) is 14.7. The number of hydrogen-bond acceptors (Lipinski definition) is 5. The molecule has 0 radical (unpaired) electrons. The van der Waals surface area contributed by atoms with Gasteiger partial charge in [0.15, 0.2) is 0 Å². The molecule has 1 aromatic carbocycles. The number of hydrogen-bond donors (Lipinski definition) is 0. The van der Waals surface area contributed by atoms with Gasteiger partial charge in [-0.05, 0) is 55.7 Å². The molecular formula is C22H21F2N3O2S. The zero-order valence-electron chi connectivity index (χ0n) is 16.5. The Bertz CT molecular complexity index is 1030. The predicted molar refractivity (Wildman–Crippen MR) is 111 cm³/mol. The van der Waals surface area contributed by atoms with Crippen molar-refractivity contribution in [3.63, 3.8) is 0 Å². The van der Waals surface area contributed by atoms with Gasteiger partial charge in [-0.2, -0.15) is 4.39 Å². The van der Waals surface area contributed by atoms with E-state index in [0.29, 0.717) is 31.0 Å². The van der Waals surface area contributed by atoms with Gasteiger partial charge in [-0.25, -0.2) is 19.2 Å². The number of pyridine rings is 1. The average Bonchev–Trinajstić information content (AvgIpc) is 3.20. The predicted octanol–water partition coefficient (Wildman–Crippen LogP) is 5.49. The van der Waals surface area contributed by atoms with Crippen LogP contribution in [-0.2, 0) is 4.74 Å². The molecule has 30 heavy (non-hydrogen) atoms. The summed E-state index contributed by atoms with van der Waals surface area (Å²) in [5.41, 5.74) is 2.16. The van der Waals surface area contributed by atoms with Gasteiger partial charge in [-0.3, -0.25) is 0 Å². The first kappa shape index (κ1) is 20.4. The Kier molecular flexibility index (Phi) is 6.03. The van der Waals surface area contributed by atoms with Crippen LogP contribution in [0.25, 0.3) is 21.7 Å². The molecule has 5 nitrogen and oxygen atoms in total. The maximum absolute atomic E-state index is 13.8. The first-order chi connectivity index (χ1) is 14.5. The number of benzene rings is 1. The molecule has 4 rings (SSSR count). The second kappa shape index (κ2) is 8.87. The van der Waals surface area contributed by atoms with Crippen molar-refractivity contribution in [2.24, 2.45) is 0 Å². The molecule has 0 aliphatic carbocycles. The van der Waals surface area contributed by atoms with Gasteiger partial charge in [-0.1, -0.05) is 0 Å². The van der Waals surface area contributed by atoms with E-state index in [1.165, 1.54) is 35.7 Å². The number of aromatic nitrogens is 2. The third-order valence-electron chi connectivity index (χ3n) is 5.12. The number of amides is 1. The molecular weight excluding hydrogens is 408 g/mol. The number of carbonyl (C=O) groups is 1. The van der Waals surface area contributed by atoms with Crippen LogP contribution in [0.3, 0.4) is 0 Å². The van der Waals surface area contributed by atoms with E-state index >= 15 is 0 Å². The monoisotopic (exact) mass is 429 g/mol. The van der Waals surface area contributed by atoms with Crippen LogP contribution in [0.5, 0.6) is 0 Å². The van der Waals surface area contributed by atoms with Crippen molar-refractivity contribution < 1.29 is 18.3 Å². The maximum atomic E-state index is 13.8. The Morgan fingerprint density at radius 2 is 1.90 bits per heavy atom. The van der Waals surface area contributed by atoms with Crippen LogP contribution < -0.4 is 0 Å². The van der Waals surface area contributed by atoms with Gasteiger partial charge < -0.3 is 9.64 Å². The number of carbonyl (C=O) groups excluding carboxylic acids is 1. The first-order valence-electron chi connectivity index (χ1n) is 9.85. The smallest absolute Gasteiger partial charge is 0.409 e. The van der Waals surface area contributed by atoms with Gasteiger partial charge in [0, 0.05) is 36.8 Å². The Labute approximate surface area is 177 Å². The molecule has 8 heteroatoms. The van der Waals surface area contributed by atoms with E-state index in [-0.39, 0.29) is 17.8 Å². The topological polar surface area (TPSA) is 55.3 Å². The number of halogens is 2. The number of rotatable bonds is 4. The van der Waals surface area contributed by atoms with Gasteiger partial charge in [0.2, 0.25) is 5.95 Å². The van der Waals surface area contributed by atoms with Gasteiger partial charge in [-0.15, -0.1) is 11.3 Å². The van der Waals surface area contributed by atoms with Crippen molar-refractivity contribution in [1.29, 1.82) is 0 Å². The van der Waals surface area contributed by atoms with Crippen molar-refractivity contribution in [2.45, 2.75) is 25.7 Å². The van der Waals surface area contributed by atoms with E-state index in [9.17, 15) is 13.6 Å². The summed E-state index contributed by atoms with van der Waals surface area (Å²) in [5, 5.41) is 0.935. The highest BCUT2D eigenvalue weighted by molar-refractivity contribution is 7.15. The molecule has 1 saturated heterocycles. The van der Waals surface area contributed by atoms with Crippen LogP contribution in [0.4, 0.5) is 13.6 Å². The van der Waals surface area contributed by atoms with Crippen LogP contribution in [0.1, 0.15) is 30.7 Å². The lowest BCUT2D eigenvalue weighted by molar-refractivity contribution is 0.0970. The lowest BCUT2D eigenvalue weighted by atomic mass is 9.98. The fraction of sp³-hybridized carbons (Fsp3) is 0.318. The molecule has 3 aromatic rings. The van der Waals surface area contributed by atoms with Gasteiger partial charge >= 0.3 is 6.09 Å². The average molecular weight is 429 g/mol. The van der Waals surface area contributed by atoms with E-state index in [1.807, 2.05) is 0 Å². The van der Waals surface area contributed by atoms with Crippen molar-refractivity contribution in [1.82, 2.24) is 14.9 Å². The van der Waals surface area contributed by atoms with Crippen LogP contribution in [-0.4, -0.2) is 40.7 Å². The molecule has 0 atom stereocenters. The molecule has 3 heterocycles. The zero-order valence-corrected chi connectivity index (χ0v) is 17.3. The fourth-order valence-electron chi connectivity index (χ4n) is 3.58. The zero-order chi connectivity index (χ0) is 21.1. The van der Waals surface area contributed by atoms with E-state index in [1.54, 1.807) is 30.0 Å². The van der Waals surface area contributed by atoms with E-state index in [2.05, 4.69) is 4.98 Å². The van der Waals surface area contributed by atoms with Crippen LogP contribution in [0.2, 0.25) is 0 Å². The van der Waals surface area contributed by atoms with Crippen LogP contribution in [0, 0.1) is 11.8 Å². The lowest BCUT2D eigenvalue weighted by Gasteiger charge is -2.30. The third kappa shape index (κ3) is 4.33. The van der Waals surface area contributed by atoms with Crippen molar-refractivity contribution in [3.8, 4) is 21.7 Å². The molecule has 0 unspecified atom stereocenters. The SMILES string of the molecule is CCOC(=O)N1CCC(c2nc(-c3ccc(F)cc3)c(-c3ccnc(F)c3)s2)CC1. The molecule has 0 bridgehead atoms. The first-order valence-corrected chi connectivity index (χ1v) is 10.7. The second-order valence-corrected chi connectivity index (χ2v) is 8.09. The Balaban J connectivity index is 1.64. The van der Waals surface area contributed by atoms with Crippen molar-refractivity contribution >= 4 is 17.4 Å². The number of ether oxygens (including phenoxy) is 1. The minimum Gasteiger partial charge on any atom is -0.450 e. The summed E-state index contributed by atoms with van der Waals surface area (Å²) >= 11 is 1.51. The summed E-state index contributed by atoms with van der Waals surface area (Å²) < 4.78 is 32.3. The molecule has 2 aromatic heterocycles. The highest BCUT2D eigenvalue weighted by Gasteiger charge is 2.28. The van der Waals surface area contributed by atoms with Crippen LogP contribution >= 0.6 is 11.3 Å². The number of thiazole rings is 1. The molecule has 1 aliphatic heterocycles. The minimum atomic E-state index is -0.560. The molecule has 0 N–H and O–H groups in total. The number of piperidine rings is 1. The number of nitrogens with zero attached hydrogens (tertiary/aromatic N) is 3. The quantitative estimate of drug-likeness (QED) is 0.515. The van der Waals surface area contributed by atoms with Crippen LogP contribution in [0.15, 0.2) is 42.6 Å². The minimum absolute atomic E-state index is 0.195. The third-order valence-corrected chi connectivity index (χ3v) is 6.39. The molecule has 1 aliphatic rings. The highest BCUT2D eigenvalue weighted by Crippen LogP contribution is 2.41. The summed E-state index contributed by atoms with van der Waals surface area (Å²) in [7, 11) is 0. The van der Waals surface area contributed by atoms with E-state index in [4.69, 9.17) is 9.72 Å². The molecule has 0 spiro atoms. The van der Waals surface area contributed by atoms with Gasteiger partial charge in [0.1, 0.15) is 5.82 Å². The second-order valence-electron chi connectivity index (χ2n) is 7.06. The van der Waals surface area contributed by atoms with Crippen molar-refractivity contribution in [2.75, 3.05) is 19.7 Å². The number of likely N-dealkylation sites (tertiary alicyclic amines) is 1. The van der Waals surface area contributed by atoms with Crippen molar-refractivity contribution in [3.05, 3.63) is 59.4 Å². The standard InChI is InChI=1S/C22H21F2N3O2S/c1-2-29-22(28)27-11-8-15(9-12-27)21-26-19(14-3-5-17(23)6-4-14)20(30-21)16-7-10-25-18(24)13-16/h3-7,10,13,15H,2,8-9,11-12H2,1H3. The lowest BCUT2D eigenvalue weighted by Crippen LogP contribution is -2.38. The van der Waals surface area contributed by atoms with Gasteiger partial charge in [0.05, 0.1) is 22.2 Å². The Morgan fingerprint density at radius 3 is 2.57 bits per heavy atom. The Morgan fingerprint density at radius 1 is 1.17 bits per heavy atom. The summed E-state index contributed by atoms with van der Waals surface area (Å²) in [6.07, 6.45) is 2.70. The molecule has 1 fully saturated rings. The molecule has 156 valence electrons. The molecule has 0 saturated carbocycles. The summed E-state index contributed by atoms with van der Waals surface area (Å²) in [5.74, 6) is -0.687. The highest BCUT2D eigenvalue weighted by atomic mass is 32.1.